The van der Waals surface area contributed by atoms with E-state index in [2.05, 4.69) is 0 Å². The fourth-order valence-corrected chi connectivity index (χ4v) is 2.97. The largest absolute Gasteiger partial charge is 0.393 e. The minimum Gasteiger partial charge on any atom is -0.393 e. The molecule has 0 fully saturated rings. The molecule has 1 aromatic rings. The number of aliphatic hydroxyl groups is 1. The molecule has 0 spiro atoms. The van der Waals surface area contributed by atoms with Gasteiger partial charge < -0.3 is 5.11 Å². The monoisotopic (exact) mass is 278 g/mol. The van der Waals surface area contributed by atoms with Crippen LogP contribution < -0.4 is 0 Å². The maximum Gasteiger partial charge on any atom is 0.341 e. The van der Waals surface area contributed by atoms with E-state index in [9.17, 15) is 22.3 Å². The SMILES string of the molecule is CCC(c1ccccc1S(=O)(=O)C(F)F)C(C)O. The quantitative estimate of drug-likeness (QED) is 0.900. The zero-order valence-corrected chi connectivity index (χ0v) is 11.0. The Hall–Kier alpha value is -1.01. The summed E-state index contributed by atoms with van der Waals surface area (Å²) < 4.78 is 48.3. The molecule has 6 heteroatoms. The normalized spacial score (nSPS) is 15.7. The van der Waals surface area contributed by atoms with Crippen molar-refractivity contribution in [3.05, 3.63) is 29.8 Å². The minimum atomic E-state index is -4.64. The summed E-state index contributed by atoms with van der Waals surface area (Å²) in [5, 5.41) is 9.61. The molecule has 18 heavy (non-hydrogen) atoms. The van der Waals surface area contributed by atoms with E-state index in [1.807, 2.05) is 0 Å². The van der Waals surface area contributed by atoms with Crippen LogP contribution in [0.4, 0.5) is 8.78 Å². The van der Waals surface area contributed by atoms with Crippen molar-refractivity contribution in [1.82, 2.24) is 0 Å². The molecular weight excluding hydrogens is 262 g/mol. The van der Waals surface area contributed by atoms with Crippen molar-refractivity contribution in [2.75, 3.05) is 0 Å². The van der Waals surface area contributed by atoms with Gasteiger partial charge in [-0.05, 0) is 25.0 Å². The third-order valence-corrected chi connectivity index (χ3v) is 4.34. The van der Waals surface area contributed by atoms with E-state index in [-0.39, 0.29) is 5.56 Å². The van der Waals surface area contributed by atoms with Gasteiger partial charge in [0, 0.05) is 5.92 Å². The van der Waals surface area contributed by atoms with Crippen molar-refractivity contribution in [2.24, 2.45) is 0 Å². The highest BCUT2D eigenvalue weighted by Crippen LogP contribution is 2.31. The van der Waals surface area contributed by atoms with Gasteiger partial charge in [0.05, 0.1) is 11.0 Å². The number of alkyl halides is 2. The van der Waals surface area contributed by atoms with E-state index in [0.29, 0.717) is 6.42 Å². The summed E-state index contributed by atoms with van der Waals surface area (Å²) in [5.74, 6) is -3.93. The first-order valence-electron chi connectivity index (χ1n) is 5.61. The van der Waals surface area contributed by atoms with Gasteiger partial charge in [-0.15, -0.1) is 0 Å². The van der Waals surface area contributed by atoms with Gasteiger partial charge in [0.1, 0.15) is 0 Å². The summed E-state index contributed by atoms with van der Waals surface area (Å²) in [6, 6.07) is 5.59. The molecule has 2 atom stereocenters. The highest BCUT2D eigenvalue weighted by Gasteiger charge is 2.31. The van der Waals surface area contributed by atoms with Crippen molar-refractivity contribution >= 4 is 9.84 Å². The van der Waals surface area contributed by atoms with Crippen molar-refractivity contribution in [2.45, 2.75) is 42.9 Å². The van der Waals surface area contributed by atoms with E-state index in [1.54, 1.807) is 13.0 Å². The van der Waals surface area contributed by atoms with E-state index < -0.39 is 32.5 Å². The Balaban J connectivity index is 3.40. The lowest BCUT2D eigenvalue weighted by molar-refractivity contribution is 0.158. The van der Waals surface area contributed by atoms with Crippen LogP contribution in [0.15, 0.2) is 29.2 Å². The zero-order valence-electron chi connectivity index (χ0n) is 10.2. The Morgan fingerprint density at radius 2 is 1.83 bits per heavy atom. The van der Waals surface area contributed by atoms with E-state index in [0.717, 1.165) is 6.07 Å². The maximum atomic E-state index is 12.6. The molecule has 0 aliphatic heterocycles. The predicted octanol–water partition coefficient (Wildman–Crippen LogP) is 2.56. The van der Waals surface area contributed by atoms with Crippen molar-refractivity contribution < 1.29 is 22.3 Å². The lowest BCUT2D eigenvalue weighted by Gasteiger charge is -2.21. The van der Waals surface area contributed by atoms with Gasteiger partial charge in [-0.25, -0.2) is 8.42 Å². The predicted molar refractivity (Wildman–Crippen MR) is 64.3 cm³/mol. The Morgan fingerprint density at radius 3 is 2.28 bits per heavy atom. The van der Waals surface area contributed by atoms with Crippen LogP contribution >= 0.6 is 0 Å². The molecule has 0 heterocycles. The number of rotatable bonds is 5. The van der Waals surface area contributed by atoms with E-state index in [4.69, 9.17) is 0 Å². The van der Waals surface area contributed by atoms with Crippen LogP contribution in [0.2, 0.25) is 0 Å². The van der Waals surface area contributed by atoms with Crippen LogP contribution in [0, 0.1) is 0 Å². The van der Waals surface area contributed by atoms with E-state index in [1.165, 1.54) is 19.1 Å². The van der Waals surface area contributed by atoms with Crippen molar-refractivity contribution in [3.8, 4) is 0 Å². The molecule has 0 aromatic heterocycles. The second-order valence-corrected chi connectivity index (χ2v) is 5.99. The molecule has 0 amide bonds. The van der Waals surface area contributed by atoms with Gasteiger partial charge in [0.25, 0.3) is 0 Å². The number of benzene rings is 1. The molecular formula is C12H16F2O3S. The Kier molecular flexibility index (Phi) is 4.81. The summed E-state index contributed by atoms with van der Waals surface area (Å²) in [6.45, 7) is 3.28. The molecule has 1 rings (SSSR count). The molecule has 0 radical (unpaired) electrons. The van der Waals surface area contributed by atoms with Crippen LogP contribution in [0.3, 0.4) is 0 Å². The van der Waals surface area contributed by atoms with Crippen LogP contribution in [0.25, 0.3) is 0 Å². The highest BCUT2D eigenvalue weighted by molar-refractivity contribution is 7.91. The fourth-order valence-electron chi connectivity index (χ4n) is 1.96. The second kappa shape index (κ2) is 5.75. The van der Waals surface area contributed by atoms with Gasteiger partial charge in [0.15, 0.2) is 0 Å². The Morgan fingerprint density at radius 1 is 1.28 bits per heavy atom. The van der Waals surface area contributed by atoms with Crippen LogP contribution in [-0.2, 0) is 9.84 Å². The molecule has 0 aliphatic rings. The first-order valence-corrected chi connectivity index (χ1v) is 7.16. The molecule has 3 nitrogen and oxygen atoms in total. The molecule has 1 N–H and O–H groups in total. The van der Waals surface area contributed by atoms with Crippen molar-refractivity contribution in [1.29, 1.82) is 0 Å². The fraction of sp³-hybridized carbons (Fsp3) is 0.500. The van der Waals surface area contributed by atoms with Crippen LogP contribution in [0.1, 0.15) is 31.7 Å². The topological polar surface area (TPSA) is 54.4 Å². The molecule has 0 saturated carbocycles. The lowest BCUT2D eigenvalue weighted by Crippen LogP contribution is -2.20. The molecule has 2 unspecified atom stereocenters. The van der Waals surface area contributed by atoms with Crippen molar-refractivity contribution in [3.63, 3.8) is 0 Å². The summed E-state index contributed by atoms with van der Waals surface area (Å²) in [7, 11) is -4.64. The number of sulfone groups is 1. The van der Waals surface area contributed by atoms with Gasteiger partial charge in [-0.3, -0.25) is 0 Å². The number of aliphatic hydroxyl groups excluding tert-OH is 1. The van der Waals surface area contributed by atoms with Gasteiger partial charge in [0.2, 0.25) is 9.84 Å². The molecule has 0 aliphatic carbocycles. The third kappa shape index (κ3) is 2.87. The summed E-state index contributed by atoms with van der Waals surface area (Å²) in [4.78, 5) is -0.396. The number of hydrogen-bond donors (Lipinski definition) is 1. The Bertz CT molecular complexity index is 498. The van der Waals surface area contributed by atoms with E-state index >= 15 is 0 Å². The Labute approximate surface area is 105 Å². The first-order chi connectivity index (χ1) is 8.32. The van der Waals surface area contributed by atoms with Gasteiger partial charge >= 0.3 is 5.76 Å². The van der Waals surface area contributed by atoms with Crippen LogP contribution in [0.5, 0.6) is 0 Å². The average molecular weight is 278 g/mol. The smallest absolute Gasteiger partial charge is 0.341 e. The molecule has 0 bridgehead atoms. The highest BCUT2D eigenvalue weighted by atomic mass is 32.2. The zero-order chi connectivity index (χ0) is 13.9. The average Bonchev–Trinajstić information content (AvgIpc) is 2.29. The number of hydrogen-bond acceptors (Lipinski definition) is 3. The lowest BCUT2D eigenvalue weighted by atomic mass is 9.92. The minimum absolute atomic E-state index is 0.246. The summed E-state index contributed by atoms with van der Waals surface area (Å²) in [5.41, 5.74) is 0.246. The first kappa shape index (κ1) is 15.0. The molecule has 1 aromatic carbocycles. The summed E-state index contributed by atoms with van der Waals surface area (Å²) in [6.07, 6.45) is -0.336. The van der Waals surface area contributed by atoms with Gasteiger partial charge in [-0.2, -0.15) is 8.78 Å². The van der Waals surface area contributed by atoms with Gasteiger partial charge in [-0.1, -0.05) is 25.1 Å². The molecule has 102 valence electrons. The second-order valence-electron chi connectivity index (χ2n) is 4.10. The van der Waals surface area contributed by atoms with Crippen LogP contribution in [-0.4, -0.2) is 25.4 Å². The molecule has 0 saturated heterocycles. The number of halogens is 2. The standard InChI is InChI=1S/C12H16F2O3S/c1-3-9(8(2)15)10-6-4-5-7-11(10)18(16,17)12(13)14/h4-9,12,15H,3H2,1-2H3. The maximum absolute atomic E-state index is 12.6. The third-order valence-electron chi connectivity index (χ3n) is 2.88. The summed E-state index contributed by atoms with van der Waals surface area (Å²) >= 11 is 0.